The molecule has 1 aliphatic rings. The van der Waals surface area contributed by atoms with Crippen molar-refractivity contribution in [3.63, 3.8) is 0 Å². The Morgan fingerprint density at radius 3 is 2.65 bits per heavy atom. The van der Waals surface area contributed by atoms with Crippen LogP contribution in [0.25, 0.3) is 0 Å². The number of ether oxygens (including phenoxy) is 1. The van der Waals surface area contributed by atoms with E-state index < -0.39 is 0 Å². The van der Waals surface area contributed by atoms with Crippen molar-refractivity contribution < 1.29 is 9.53 Å². The first kappa shape index (κ1) is 14.0. The van der Waals surface area contributed by atoms with Gasteiger partial charge in [0.15, 0.2) is 0 Å². The van der Waals surface area contributed by atoms with Crippen LogP contribution < -0.4 is 0 Å². The molecule has 1 aliphatic carbocycles. The second-order valence-corrected chi connectivity index (χ2v) is 5.40. The number of carbonyl (C=O) groups excluding carboxylic acids is 1. The van der Waals surface area contributed by atoms with Crippen LogP contribution in [0.15, 0.2) is 22.8 Å². The van der Waals surface area contributed by atoms with Crippen molar-refractivity contribution in [1.82, 2.24) is 0 Å². The van der Waals surface area contributed by atoms with E-state index in [4.69, 9.17) is 4.74 Å². The van der Waals surface area contributed by atoms with E-state index in [2.05, 4.69) is 26.8 Å². The van der Waals surface area contributed by atoms with Crippen LogP contribution >= 0.6 is 0 Å². The number of esters is 1. The zero-order valence-electron chi connectivity index (χ0n) is 11.7. The molecule has 17 heavy (non-hydrogen) atoms. The lowest BCUT2D eigenvalue weighted by Crippen LogP contribution is -2.08. The zero-order valence-corrected chi connectivity index (χ0v) is 11.7. The molecule has 96 valence electrons. The molecule has 1 unspecified atom stereocenters. The van der Waals surface area contributed by atoms with E-state index in [0.29, 0.717) is 18.4 Å². The Hall–Kier alpha value is -1.05. The van der Waals surface area contributed by atoms with E-state index in [0.717, 1.165) is 5.57 Å². The van der Waals surface area contributed by atoms with Gasteiger partial charge in [0.05, 0.1) is 0 Å². The second-order valence-electron chi connectivity index (χ2n) is 5.40. The maximum Gasteiger partial charge on any atom is 0.302 e. The molecule has 0 aromatic heterocycles. The fourth-order valence-corrected chi connectivity index (χ4v) is 2.43. The SMILES string of the molecule is CC(=O)OC/C(C)=C/C1=C(C)CCC1C(C)C. The Bertz CT molecular complexity index is 348. The third kappa shape index (κ3) is 4.03. The fraction of sp³-hybridized carbons (Fsp3) is 0.667. The fourth-order valence-electron chi connectivity index (χ4n) is 2.43. The summed E-state index contributed by atoms with van der Waals surface area (Å²) in [4.78, 5) is 10.8. The predicted molar refractivity (Wildman–Crippen MR) is 70.7 cm³/mol. The highest BCUT2D eigenvalue weighted by Crippen LogP contribution is 2.37. The summed E-state index contributed by atoms with van der Waals surface area (Å²) in [6, 6.07) is 0. The second kappa shape index (κ2) is 6.04. The average molecular weight is 236 g/mol. The van der Waals surface area contributed by atoms with Crippen LogP contribution in [0.3, 0.4) is 0 Å². The van der Waals surface area contributed by atoms with Crippen molar-refractivity contribution in [1.29, 1.82) is 0 Å². The lowest BCUT2D eigenvalue weighted by molar-refractivity contribution is -0.139. The van der Waals surface area contributed by atoms with Gasteiger partial charge in [-0.15, -0.1) is 0 Å². The molecule has 0 N–H and O–H groups in total. The normalized spacial score (nSPS) is 21.3. The summed E-state index contributed by atoms with van der Waals surface area (Å²) in [5.74, 6) is 1.14. The first-order valence-corrected chi connectivity index (χ1v) is 6.42. The molecule has 0 bridgehead atoms. The number of hydrogen-bond donors (Lipinski definition) is 0. The van der Waals surface area contributed by atoms with E-state index in [1.807, 2.05) is 6.92 Å². The first-order valence-electron chi connectivity index (χ1n) is 6.42. The largest absolute Gasteiger partial charge is 0.461 e. The van der Waals surface area contributed by atoms with Gasteiger partial charge in [0.2, 0.25) is 0 Å². The Balaban J connectivity index is 2.73. The maximum absolute atomic E-state index is 10.8. The van der Waals surface area contributed by atoms with Crippen LogP contribution in [0.4, 0.5) is 0 Å². The summed E-state index contributed by atoms with van der Waals surface area (Å²) in [5.41, 5.74) is 4.08. The zero-order chi connectivity index (χ0) is 13.0. The summed E-state index contributed by atoms with van der Waals surface area (Å²) in [5, 5.41) is 0. The molecule has 0 aromatic carbocycles. The van der Waals surface area contributed by atoms with Crippen LogP contribution in [0.5, 0.6) is 0 Å². The molecule has 0 heterocycles. The van der Waals surface area contributed by atoms with E-state index in [9.17, 15) is 4.79 Å². The van der Waals surface area contributed by atoms with Gasteiger partial charge >= 0.3 is 5.97 Å². The molecule has 0 radical (unpaired) electrons. The van der Waals surface area contributed by atoms with E-state index >= 15 is 0 Å². The van der Waals surface area contributed by atoms with Gasteiger partial charge in [-0.05, 0) is 49.7 Å². The topological polar surface area (TPSA) is 26.3 Å². The van der Waals surface area contributed by atoms with Crippen molar-refractivity contribution in [2.45, 2.75) is 47.5 Å². The van der Waals surface area contributed by atoms with Gasteiger partial charge in [-0.25, -0.2) is 0 Å². The molecule has 1 atom stereocenters. The summed E-state index contributed by atoms with van der Waals surface area (Å²) < 4.78 is 5.02. The minimum Gasteiger partial charge on any atom is -0.461 e. The molecule has 0 saturated heterocycles. The molecular weight excluding hydrogens is 212 g/mol. The Morgan fingerprint density at radius 2 is 2.12 bits per heavy atom. The van der Waals surface area contributed by atoms with Crippen LogP contribution in [0.2, 0.25) is 0 Å². The molecule has 0 amide bonds. The van der Waals surface area contributed by atoms with Crippen LogP contribution in [0, 0.1) is 11.8 Å². The van der Waals surface area contributed by atoms with Crippen molar-refractivity contribution in [3.05, 3.63) is 22.8 Å². The molecule has 0 spiro atoms. The van der Waals surface area contributed by atoms with Crippen molar-refractivity contribution in [3.8, 4) is 0 Å². The monoisotopic (exact) mass is 236 g/mol. The highest BCUT2D eigenvalue weighted by Gasteiger charge is 2.24. The lowest BCUT2D eigenvalue weighted by atomic mass is 9.88. The maximum atomic E-state index is 10.8. The van der Waals surface area contributed by atoms with Crippen molar-refractivity contribution >= 4 is 5.97 Å². The van der Waals surface area contributed by atoms with Crippen LogP contribution in [-0.4, -0.2) is 12.6 Å². The molecule has 1 rings (SSSR count). The van der Waals surface area contributed by atoms with Crippen molar-refractivity contribution in [2.75, 3.05) is 6.61 Å². The molecule has 2 heteroatoms. The summed E-state index contributed by atoms with van der Waals surface area (Å²) >= 11 is 0. The summed E-state index contributed by atoms with van der Waals surface area (Å²) in [6.07, 6.45) is 4.68. The lowest BCUT2D eigenvalue weighted by Gasteiger charge is -2.17. The Labute approximate surface area is 105 Å². The minimum atomic E-state index is -0.213. The minimum absolute atomic E-state index is 0.213. The van der Waals surface area contributed by atoms with Gasteiger partial charge in [-0.1, -0.05) is 25.5 Å². The molecule has 0 fully saturated rings. The average Bonchev–Trinajstić information content (AvgIpc) is 2.58. The Kier molecular flexibility index (Phi) is 4.98. The first-order chi connectivity index (χ1) is 7.91. The smallest absolute Gasteiger partial charge is 0.302 e. The predicted octanol–water partition coefficient (Wildman–Crippen LogP) is 3.88. The Morgan fingerprint density at radius 1 is 1.47 bits per heavy atom. The third-order valence-corrected chi connectivity index (χ3v) is 3.43. The van der Waals surface area contributed by atoms with E-state index in [1.54, 1.807) is 0 Å². The molecular formula is C15H24O2. The number of rotatable bonds is 4. The number of allylic oxidation sites excluding steroid dienone is 3. The summed E-state index contributed by atoms with van der Waals surface area (Å²) in [6.45, 7) is 10.7. The molecule has 0 saturated carbocycles. The molecule has 0 aliphatic heterocycles. The quantitative estimate of drug-likeness (QED) is 0.692. The van der Waals surface area contributed by atoms with Gasteiger partial charge in [0, 0.05) is 6.92 Å². The van der Waals surface area contributed by atoms with Gasteiger partial charge in [0.25, 0.3) is 0 Å². The number of hydrogen-bond acceptors (Lipinski definition) is 2. The highest BCUT2D eigenvalue weighted by atomic mass is 16.5. The summed E-state index contributed by atoms with van der Waals surface area (Å²) in [7, 11) is 0. The van der Waals surface area contributed by atoms with Crippen LogP contribution in [-0.2, 0) is 9.53 Å². The van der Waals surface area contributed by atoms with Crippen molar-refractivity contribution in [2.24, 2.45) is 11.8 Å². The van der Waals surface area contributed by atoms with Gasteiger partial charge < -0.3 is 4.74 Å². The molecule has 0 aromatic rings. The van der Waals surface area contributed by atoms with Gasteiger partial charge in [-0.2, -0.15) is 0 Å². The van der Waals surface area contributed by atoms with E-state index in [-0.39, 0.29) is 5.97 Å². The molecule has 2 nitrogen and oxygen atoms in total. The van der Waals surface area contributed by atoms with Crippen LogP contribution in [0.1, 0.15) is 47.5 Å². The third-order valence-electron chi connectivity index (χ3n) is 3.43. The van der Waals surface area contributed by atoms with Gasteiger partial charge in [0.1, 0.15) is 6.61 Å². The highest BCUT2D eigenvalue weighted by molar-refractivity contribution is 5.66. The van der Waals surface area contributed by atoms with Gasteiger partial charge in [-0.3, -0.25) is 4.79 Å². The number of carbonyl (C=O) groups is 1. The standard InChI is InChI=1S/C15H24O2/c1-10(2)14-7-6-12(4)15(14)8-11(3)9-17-13(5)16/h8,10,14H,6-7,9H2,1-5H3/b11-8+. The van der Waals surface area contributed by atoms with E-state index in [1.165, 1.54) is 30.9 Å².